The number of nitrogens with zero attached hydrogens (tertiary/aromatic N) is 1. The fraction of sp³-hybridized carbons (Fsp3) is 0.300. The van der Waals surface area contributed by atoms with Crippen molar-refractivity contribution in [2.24, 2.45) is 5.73 Å². The lowest BCUT2D eigenvalue weighted by molar-refractivity contribution is 0.511. The van der Waals surface area contributed by atoms with Gasteiger partial charge in [-0.3, -0.25) is 0 Å². The van der Waals surface area contributed by atoms with Crippen LogP contribution in [-0.4, -0.2) is 27.3 Å². The summed E-state index contributed by atoms with van der Waals surface area (Å²) in [6.45, 7) is 4.50. The highest BCUT2D eigenvalue weighted by Gasteiger charge is 2.42. The lowest BCUT2D eigenvalue weighted by Gasteiger charge is -2.34. The van der Waals surface area contributed by atoms with E-state index in [-0.39, 0.29) is 9.64 Å². The molecule has 1 aromatic carbocycles. The highest BCUT2D eigenvalue weighted by Crippen LogP contribution is 2.34. The van der Waals surface area contributed by atoms with E-state index in [0.29, 0.717) is 13.1 Å². The number of hydrogen-bond acceptors (Lipinski definition) is 4. The normalized spacial score (nSPS) is 20.2. The first-order chi connectivity index (χ1) is 12.4. The van der Waals surface area contributed by atoms with Crippen LogP contribution in [0.5, 0.6) is 0 Å². The van der Waals surface area contributed by atoms with Crippen LogP contribution in [-0.2, 0) is 16.4 Å². The van der Waals surface area contributed by atoms with Gasteiger partial charge in [-0.25, -0.2) is 0 Å². The van der Waals surface area contributed by atoms with Crippen molar-refractivity contribution in [3.05, 3.63) is 75.6 Å². The SMILES string of the molecule is CCS(=O)(=O)[N+]1(c2cccc(Cc3ccc(C)s3)c2)C=C(CN)C=CC1. The van der Waals surface area contributed by atoms with Gasteiger partial charge in [-0.1, -0.05) is 18.2 Å². The van der Waals surface area contributed by atoms with E-state index < -0.39 is 10.0 Å². The molecule has 2 heterocycles. The van der Waals surface area contributed by atoms with Crippen LogP contribution in [0.1, 0.15) is 22.2 Å². The summed E-state index contributed by atoms with van der Waals surface area (Å²) in [6, 6.07) is 12.2. The van der Waals surface area contributed by atoms with Crippen LogP contribution in [0.3, 0.4) is 0 Å². The minimum absolute atomic E-state index is 0.0730. The largest absolute Gasteiger partial charge is 0.326 e. The number of thiophene rings is 1. The maximum absolute atomic E-state index is 13.1. The summed E-state index contributed by atoms with van der Waals surface area (Å²) in [6.07, 6.45) is 6.43. The van der Waals surface area contributed by atoms with Crippen molar-refractivity contribution < 1.29 is 8.42 Å². The Morgan fingerprint density at radius 3 is 2.69 bits per heavy atom. The van der Waals surface area contributed by atoms with E-state index in [9.17, 15) is 8.42 Å². The number of quaternary nitrogens is 1. The number of aryl methyl sites for hydroxylation is 1. The van der Waals surface area contributed by atoms with Crippen LogP contribution in [0.2, 0.25) is 0 Å². The molecule has 4 nitrogen and oxygen atoms in total. The fourth-order valence-electron chi connectivity index (χ4n) is 3.29. The van der Waals surface area contributed by atoms with Gasteiger partial charge >= 0.3 is 10.0 Å². The molecule has 1 unspecified atom stereocenters. The monoisotopic (exact) mass is 389 g/mol. The van der Waals surface area contributed by atoms with Gasteiger partial charge in [0.05, 0.1) is 5.75 Å². The van der Waals surface area contributed by atoms with Gasteiger partial charge in [-0.15, -0.1) is 11.3 Å². The van der Waals surface area contributed by atoms with Crippen molar-refractivity contribution in [2.75, 3.05) is 18.8 Å². The van der Waals surface area contributed by atoms with Crippen molar-refractivity contribution in [2.45, 2.75) is 20.3 Å². The molecule has 0 amide bonds. The first-order valence-corrected chi connectivity index (χ1v) is 11.2. The number of sulfonamides is 1. The van der Waals surface area contributed by atoms with Gasteiger partial charge in [-0.2, -0.15) is 12.3 Å². The Labute approximate surface area is 159 Å². The first-order valence-electron chi connectivity index (χ1n) is 8.74. The van der Waals surface area contributed by atoms with Gasteiger partial charge in [-0.05, 0) is 37.6 Å². The lowest BCUT2D eigenvalue weighted by Crippen LogP contribution is -2.51. The molecule has 1 aromatic heterocycles. The Kier molecular flexibility index (Phi) is 5.48. The smallest absolute Gasteiger partial charge is 0.306 e. The highest BCUT2D eigenvalue weighted by atomic mass is 32.2. The van der Waals surface area contributed by atoms with Crippen LogP contribution in [0.15, 0.2) is 60.3 Å². The molecule has 1 atom stereocenters. The average Bonchev–Trinajstić information content (AvgIpc) is 3.06. The molecule has 0 spiro atoms. The van der Waals surface area contributed by atoms with Crippen LogP contribution in [0.25, 0.3) is 0 Å². The van der Waals surface area contributed by atoms with Gasteiger partial charge in [0.1, 0.15) is 12.7 Å². The minimum atomic E-state index is -3.41. The number of benzene rings is 1. The Bertz CT molecular complexity index is 958. The van der Waals surface area contributed by atoms with Crippen molar-refractivity contribution in [3.63, 3.8) is 0 Å². The molecular formula is C20H25N2O2S2+. The molecule has 0 aliphatic carbocycles. The van der Waals surface area contributed by atoms with Crippen molar-refractivity contribution in [1.82, 2.24) is 3.89 Å². The second-order valence-electron chi connectivity index (χ2n) is 6.52. The molecule has 2 aromatic rings. The average molecular weight is 390 g/mol. The summed E-state index contributed by atoms with van der Waals surface area (Å²) < 4.78 is 25.9. The molecule has 26 heavy (non-hydrogen) atoms. The molecule has 6 heteroatoms. The van der Waals surface area contributed by atoms with E-state index in [2.05, 4.69) is 25.1 Å². The van der Waals surface area contributed by atoms with Gasteiger partial charge in [0, 0.05) is 40.4 Å². The predicted molar refractivity (Wildman–Crippen MR) is 111 cm³/mol. The maximum Gasteiger partial charge on any atom is 0.306 e. The molecule has 2 N–H and O–H groups in total. The minimum Gasteiger partial charge on any atom is -0.326 e. The summed E-state index contributed by atoms with van der Waals surface area (Å²) in [7, 11) is -3.41. The third-order valence-corrected chi connectivity index (χ3v) is 7.89. The number of hydrogen-bond donors (Lipinski definition) is 1. The fourth-order valence-corrected chi connectivity index (χ4v) is 5.72. The number of nitrogens with two attached hydrogens (primary N) is 1. The van der Waals surface area contributed by atoms with Crippen molar-refractivity contribution in [1.29, 1.82) is 0 Å². The molecule has 3 rings (SSSR count). The summed E-state index contributed by atoms with van der Waals surface area (Å²) in [5, 5.41) is 0. The second-order valence-corrected chi connectivity index (χ2v) is 10.3. The first kappa shape index (κ1) is 19.0. The van der Waals surface area contributed by atoms with E-state index in [4.69, 9.17) is 5.73 Å². The van der Waals surface area contributed by atoms with E-state index in [1.807, 2.05) is 30.4 Å². The van der Waals surface area contributed by atoms with Crippen LogP contribution in [0, 0.1) is 6.92 Å². The Hall–Kier alpha value is -1.73. The quantitative estimate of drug-likeness (QED) is 0.766. The zero-order chi connectivity index (χ0) is 18.8. The Morgan fingerprint density at radius 1 is 1.23 bits per heavy atom. The molecule has 0 fully saturated rings. The van der Waals surface area contributed by atoms with Crippen molar-refractivity contribution >= 4 is 27.0 Å². The summed E-state index contributed by atoms with van der Waals surface area (Å²) in [5.74, 6) is 0.0730. The Morgan fingerprint density at radius 2 is 2.04 bits per heavy atom. The van der Waals surface area contributed by atoms with E-state index in [1.165, 1.54) is 9.75 Å². The van der Waals surface area contributed by atoms with E-state index in [0.717, 1.165) is 23.2 Å². The van der Waals surface area contributed by atoms with Crippen LogP contribution in [0.4, 0.5) is 5.69 Å². The summed E-state index contributed by atoms with van der Waals surface area (Å²) in [4.78, 5) is 2.56. The zero-order valence-corrected chi connectivity index (χ0v) is 16.8. The third-order valence-electron chi connectivity index (χ3n) is 4.70. The van der Waals surface area contributed by atoms with Gasteiger partial charge in [0.15, 0.2) is 5.69 Å². The molecule has 138 valence electrons. The topological polar surface area (TPSA) is 60.2 Å². The molecule has 0 saturated carbocycles. The van der Waals surface area contributed by atoms with Gasteiger partial charge < -0.3 is 5.73 Å². The molecule has 0 saturated heterocycles. The van der Waals surface area contributed by atoms with Crippen LogP contribution < -0.4 is 9.62 Å². The highest BCUT2D eigenvalue weighted by molar-refractivity contribution is 7.91. The molecule has 0 radical (unpaired) electrons. The van der Waals surface area contributed by atoms with E-state index >= 15 is 0 Å². The summed E-state index contributed by atoms with van der Waals surface area (Å²) >= 11 is 1.77. The number of rotatable bonds is 6. The second kappa shape index (κ2) is 7.48. The predicted octanol–water partition coefficient (Wildman–Crippen LogP) is 3.72. The molecule has 1 aliphatic heterocycles. The van der Waals surface area contributed by atoms with E-state index in [1.54, 1.807) is 24.5 Å². The third kappa shape index (κ3) is 3.55. The van der Waals surface area contributed by atoms with Gasteiger partial charge in [0.2, 0.25) is 0 Å². The summed E-state index contributed by atoms with van der Waals surface area (Å²) in [5.41, 5.74) is 8.53. The maximum atomic E-state index is 13.1. The lowest BCUT2D eigenvalue weighted by atomic mass is 10.1. The van der Waals surface area contributed by atoms with Crippen molar-refractivity contribution in [3.8, 4) is 0 Å². The zero-order valence-electron chi connectivity index (χ0n) is 15.2. The van der Waals surface area contributed by atoms with Crippen LogP contribution >= 0.6 is 11.3 Å². The standard InChI is InChI=1S/C20H25N2O2S2/c1-3-26(23,24)22(11-5-7-18(14-21)15-22)19-8-4-6-17(12-19)13-20-10-9-16(2)25-20/h4-10,12,15H,3,11,13-14,21H2,1-2H3/q+1. The Balaban J connectivity index is 2.07. The van der Waals surface area contributed by atoms with Gasteiger partial charge in [0.25, 0.3) is 0 Å². The molecule has 0 bridgehead atoms. The molecular weight excluding hydrogens is 364 g/mol. The molecule has 1 aliphatic rings.